The highest BCUT2D eigenvalue weighted by molar-refractivity contribution is 5.25. The Bertz CT molecular complexity index is 800. The molecule has 1 aromatic heterocycles. The van der Waals surface area contributed by atoms with E-state index in [4.69, 9.17) is 4.74 Å². The number of hydrogen-bond donors (Lipinski definition) is 1. The van der Waals surface area contributed by atoms with E-state index in [1.54, 1.807) is 7.11 Å². The molecule has 1 N–H and O–H groups in total. The second-order valence-electron chi connectivity index (χ2n) is 10.0. The van der Waals surface area contributed by atoms with Crippen molar-refractivity contribution in [3.63, 3.8) is 0 Å². The molecule has 1 aliphatic rings. The summed E-state index contributed by atoms with van der Waals surface area (Å²) in [5, 5.41) is 3.82. The maximum absolute atomic E-state index is 5.14. The zero-order valence-electron chi connectivity index (χ0n) is 19.5. The van der Waals surface area contributed by atoms with Crippen molar-refractivity contribution < 1.29 is 4.74 Å². The molecule has 3 rings (SSSR count). The first-order valence-electron chi connectivity index (χ1n) is 11.0. The zero-order valence-corrected chi connectivity index (χ0v) is 19.5. The van der Waals surface area contributed by atoms with Gasteiger partial charge in [-0.3, -0.25) is 4.90 Å². The molecule has 5 nitrogen and oxygen atoms in total. The van der Waals surface area contributed by atoms with Gasteiger partial charge in [-0.1, -0.05) is 24.3 Å². The van der Waals surface area contributed by atoms with Gasteiger partial charge in [-0.15, -0.1) is 0 Å². The molecular formula is C25H38N4O. The fraction of sp³-hybridized carbons (Fsp3) is 0.600. The van der Waals surface area contributed by atoms with Crippen LogP contribution in [-0.4, -0.2) is 45.7 Å². The molecule has 0 bridgehead atoms. The average Bonchev–Trinajstić information content (AvgIpc) is 2.66. The van der Waals surface area contributed by atoms with Crippen molar-refractivity contribution in [1.82, 2.24) is 20.2 Å². The second-order valence-corrected chi connectivity index (χ2v) is 10.0. The Kier molecular flexibility index (Phi) is 7.27. The summed E-state index contributed by atoms with van der Waals surface area (Å²) in [5.41, 5.74) is 4.12. The van der Waals surface area contributed by atoms with Crippen LogP contribution < -0.4 is 5.32 Å². The molecule has 1 aliphatic heterocycles. The van der Waals surface area contributed by atoms with Crippen molar-refractivity contribution in [2.24, 2.45) is 0 Å². The molecule has 0 unspecified atom stereocenters. The van der Waals surface area contributed by atoms with Crippen LogP contribution in [0, 0.1) is 6.92 Å². The lowest BCUT2D eigenvalue weighted by Crippen LogP contribution is -2.62. The van der Waals surface area contributed by atoms with Gasteiger partial charge in [0, 0.05) is 61.7 Å². The molecule has 0 aliphatic carbocycles. The third kappa shape index (κ3) is 6.34. The molecule has 0 amide bonds. The van der Waals surface area contributed by atoms with Gasteiger partial charge in [-0.2, -0.15) is 0 Å². The fourth-order valence-electron chi connectivity index (χ4n) is 4.87. The highest BCUT2D eigenvalue weighted by Crippen LogP contribution is 2.33. The minimum Gasteiger partial charge on any atom is -0.384 e. The molecule has 5 heteroatoms. The highest BCUT2D eigenvalue weighted by atomic mass is 16.5. The summed E-state index contributed by atoms with van der Waals surface area (Å²) in [4.78, 5) is 11.8. The van der Waals surface area contributed by atoms with Crippen molar-refractivity contribution in [2.75, 3.05) is 13.7 Å². The maximum atomic E-state index is 5.14. The first-order chi connectivity index (χ1) is 14.2. The largest absolute Gasteiger partial charge is 0.384 e. The molecule has 0 saturated carbocycles. The molecular weight excluding hydrogens is 372 g/mol. The first-order valence-corrected chi connectivity index (χ1v) is 11.0. The third-order valence-electron chi connectivity index (χ3n) is 5.99. The molecule has 0 radical (unpaired) electrons. The van der Waals surface area contributed by atoms with E-state index in [1.165, 1.54) is 16.7 Å². The van der Waals surface area contributed by atoms with E-state index in [-0.39, 0.29) is 11.1 Å². The Morgan fingerprint density at radius 2 is 1.67 bits per heavy atom. The van der Waals surface area contributed by atoms with Crippen molar-refractivity contribution in [1.29, 1.82) is 0 Å². The van der Waals surface area contributed by atoms with E-state index in [2.05, 4.69) is 79.1 Å². The van der Waals surface area contributed by atoms with Crippen LogP contribution in [0.2, 0.25) is 0 Å². The van der Waals surface area contributed by atoms with Gasteiger partial charge in [0.05, 0.1) is 6.61 Å². The topological polar surface area (TPSA) is 50.3 Å². The quantitative estimate of drug-likeness (QED) is 0.704. The van der Waals surface area contributed by atoms with Crippen molar-refractivity contribution in [2.45, 2.75) is 84.1 Å². The summed E-state index contributed by atoms with van der Waals surface area (Å²) in [7, 11) is 1.71. The van der Waals surface area contributed by atoms with Gasteiger partial charge in [0.1, 0.15) is 5.82 Å². The lowest BCUT2D eigenvalue weighted by molar-refractivity contribution is 0.0561. The maximum Gasteiger partial charge on any atom is 0.130 e. The molecule has 164 valence electrons. The summed E-state index contributed by atoms with van der Waals surface area (Å²) < 4.78 is 5.14. The summed E-state index contributed by atoms with van der Waals surface area (Å²) in [6.07, 6.45) is 6.96. The number of methoxy groups -OCH3 is 1. The molecule has 30 heavy (non-hydrogen) atoms. The number of piperidine rings is 1. The number of hydrogen-bond acceptors (Lipinski definition) is 5. The van der Waals surface area contributed by atoms with E-state index < -0.39 is 0 Å². The van der Waals surface area contributed by atoms with Gasteiger partial charge in [-0.05, 0) is 58.6 Å². The predicted molar refractivity (Wildman–Crippen MR) is 122 cm³/mol. The van der Waals surface area contributed by atoms with Crippen LogP contribution in [0.5, 0.6) is 0 Å². The van der Waals surface area contributed by atoms with Gasteiger partial charge < -0.3 is 10.1 Å². The van der Waals surface area contributed by atoms with Gasteiger partial charge >= 0.3 is 0 Å². The van der Waals surface area contributed by atoms with Crippen molar-refractivity contribution >= 4 is 0 Å². The third-order valence-corrected chi connectivity index (χ3v) is 5.99. The minimum absolute atomic E-state index is 0.108. The molecule has 2 heterocycles. The Balaban J connectivity index is 1.83. The average molecular weight is 411 g/mol. The number of benzene rings is 1. The Labute approximate surface area is 182 Å². The van der Waals surface area contributed by atoms with Crippen molar-refractivity contribution in [3.8, 4) is 0 Å². The van der Waals surface area contributed by atoms with E-state index >= 15 is 0 Å². The summed E-state index contributed by atoms with van der Waals surface area (Å²) in [6.45, 7) is 13.9. The van der Waals surface area contributed by atoms with Crippen LogP contribution in [0.3, 0.4) is 0 Å². The minimum atomic E-state index is 0.108. The van der Waals surface area contributed by atoms with Crippen LogP contribution in [0.4, 0.5) is 0 Å². The van der Waals surface area contributed by atoms with Crippen LogP contribution in [0.25, 0.3) is 0 Å². The smallest absolute Gasteiger partial charge is 0.130 e. The Morgan fingerprint density at radius 1 is 1.03 bits per heavy atom. The normalized spacial score (nSPS) is 18.6. The van der Waals surface area contributed by atoms with Gasteiger partial charge in [-0.25, -0.2) is 9.97 Å². The molecule has 0 spiro atoms. The van der Waals surface area contributed by atoms with E-state index in [0.29, 0.717) is 12.6 Å². The Hall–Kier alpha value is -1.82. The summed E-state index contributed by atoms with van der Waals surface area (Å²) in [6, 6.07) is 9.21. The monoisotopic (exact) mass is 410 g/mol. The number of rotatable bonds is 8. The zero-order chi connectivity index (χ0) is 21.8. The second kappa shape index (κ2) is 9.54. The number of aryl methyl sites for hydroxylation is 1. The molecule has 1 fully saturated rings. The lowest BCUT2D eigenvalue weighted by Gasteiger charge is -2.50. The van der Waals surface area contributed by atoms with Crippen LogP contribution >= 0.6 is 0 Å². The Morgan fingerprint density at radius 3 is 2.27 bits per heavy atom. The highest BCUT2D eigenvalue weighted by Gasteiger charge is 2.40. The van der Waals surface area contributed by atoms with Gasteiger partial charge in [0.2, 0.25) is 0 Å². The van der Waals surface area contributed by atoms with Crippen LogP contribution in [-0.2, 0) is 24.2 Å². The standard InChI is InChI=1S/C25H38N4O/c1-19-9-7-8-10-21(19)18-29(22-13-24(2,3)28-25(4,5)14-22)17-20-15-26-23(27-16-20)11-12-30-6/h7-10,15-16,22,28H,11-14,17-18H2,1-6H3. The van der Waals surface area contributed by atoms with Crippen molar-refractivity contribution in [3.05, 3.63) is 59.2 Å². The summed E-state index contributed by atoms with van der Waals surface area (Å²) >= 11 is 0. The number of aromatic nitrogens is 2. The van der Waals surface area contributed by atoms with E-state index in [1.807, 2.05) is 12.4 Å². The molecule has 0 atom stereocenters. The fourth-order valence-corrected chi connectivity index (χ4v) is 4.87. The first kappa shape index (κ1) is 22.9. The lowest BCUT2D eigenvalue weighted by atomic mass is 9.78. The number of nitrogens with zero attached hydrogens (tertiary/aromatic N) is 3. The van der Waals surface area contributed by atoms with Gasteiger partial charge in [0.25, 0.3) is 0 Å². The number of ether oxygens (including phenoxy) is 1. The van der Waals surface area contributed by atoms with E-state index in [0.717, 1.165) is 38.2 Å². The molecule has 2 aromatic rings. The van der Waals surface area contributed by atoms with Crippen LogP contribution in [0.15, 0.2) is 36.7 Å². The van der Waals surface area contributed by atoms with Crippen LogP contribution in [0.1, 0.15) is 63.1 Å². The van der Waals surface area contributed by atoms with Gasteiger partial charge in [0.15, 0.2) is 0 Å². The molecule has 1 saturated heterocycles. The molecule has 1 aromatic carbocycles. The summed E-state index contributed by atoms with van der Waals surface area (Å²) in [5.74, 6) is 0.843. The number of nitrogens with one attached hydrogen (secondary N) is 1. The predicted octanol–water partition coefficient (Wildman–Crippen LogP) is 4.29. The van der Waals surface area contributed by atoms with E-state index in [9.17, 15) is 0 Å². The SMILES string of the molecule is COCCc1ncc(CN(Cc2ccccc2C)C2CC(C)(C)NC(C)(C)C2)cn1.